The van der Waals surface area contributed by atoms with Crippen molar-refractivity contribution in [2.75, 3.05) is 6.26 Å². The monoisotopic (exact) mass is 414 g/mol. The second kappa shape index (κ2) is 9.31. The van der Waals surface area contributed by atoms with Crippen LogP contribution in [0.15, 0.2) is 114 Å². The highest BCUT2D eigenvalue weighted by atomic mass is 32.2. The molecule has 0 aromatic heterocycles. The van der Waals surface area contributed by atoms with E-state index in [-0.39, 0.29) is 0 Å². The highest BCUT2D eigenvalue weighted by Crippen LogP contribution is 2.34. The molecule has 1 nitrogen and oxygen atoms in total. The zero-order valence-electron chi connectivity index (χ0n) is 16.4. The first-order valence-corrected chi connectivity index (χ1v) is 12.5. The highest BCUT2D eigenvalue weighted by Gasteiger charge is 2.19. The van der Waals surface area contributed by atoms with Gasteiger partial charge in [-0.3, -0.25) is 4.21 Å². The molecule has 0 spiro atoms. The zero-order chi connectivity index (χ0) is 20.1. The van der Waals surface area contributed by atoms with Crippen LogP contribution in [0.2, 0.25) is 0 Å². The van der Waals surface area contributed by atoms with E-state index in [1.54, 1.807) is 6.26 Å². The molecule has 0 aliphatic rings. The molecule has 144 valence electrons. The second-order valence-corrected chi connectivity index (χ2v) is 10.5. The molecular weight excluding hydrogens is 391 g/mol. The third-order valence-electron chi connectivity index (χ3n) is 4.91. The summed E-state index contributed by atoms with van der Waals surface area (Å²) in [7, 11) is -1.57. The summed E-state index contributed by atoms with van der Waals surface area (Å²) in [6, 6.07) is 38.5. The topological polar surface area (TPSA) is 17.1 Å². The quantitative estimate of drug-likeness (QED) is 0.415. The molecule has 0 fully saturated rings. The Morgan fingerprint density at radius 2 is 1.17 bits per heavy atom. The minimum atomic E-state index is -0.942. The molecule has 29 heavy (non-hydrogen) atoms. The van der Waals surface area contributed by atoms with Crippen molar-refractivity contribution in [2.24, 2.45) is 0 Å². The van der Waals surface area contributed by atoms with Crippen LogP contribution in [0.3, 0.4) is 0 Å². The molecule has 0 saturated carbocycles. The van der Waals surface area contributed by atoms with Gasteiger partial charge in [0.05, 0.1) is 0 Å². The minimum Gasteiger partial charge on any atom is -0.255 e. The molecule has 0 N–H and O–H groups in total. The number of hydrogen-bond acceptors (Lipinski definition) is 1. The Balaban J connectivity index is 1.76. The van der Waals surface area contributed by atoms with Crippen molar-refractivity contribution < 1.29 is 4.21 Å². The van der Waals surface area contributed by atoms with Crippen LogP contribution in [-0.4, -0.2) is 10.5 Å². The van der Waals surface area contributed by atoms with E-state index >= 15 is 0 Å². The maximum absolute atomic E-state index is 11.7. The molecule has 0 radical (unpaired) electrons. The molecule has 0 aliphatic carbocycles. The van der Waals surface area contributed by atoms with Crippen molar-refractivity contribution in [1.82, 2.24) is 0 Å². The largest absolute Gasteiger partial charge is 0.255 e. The first-order chi connectivity index (χ1) is 14.2. The molecule has 0 amide bonds. The van der Waals surface area contributed by atoms with Gasteiger partial charge in [0.15, 0.2) is 0 Å². The van der Waals surface area contributed by atoms with Crippen molar-refractivity contribution >= 4 is 34.6 Å². The van der Waals surface area contributed by atoms with E-state index in [0.717, 1.165) is 11.3 Å². The lowest BCUT2D eigenvalue weighted by atomic mass is 10.1. The van der Waals surface area contributed by atoms with Gasteiger partial charge in [-0.2, -0.15) is 0 Å². The third kappa shape index (κ3) is 4.72. The number of hydrogen-bond donors (Lipinski definition) is 0. The van der Waals surface area contributed by atoms with Crippen LogP contribution in [-0.2, 0) is 17.2 Å². The van der Waals surface area contributed by atoms with Crippen LogP contribution in [0.25, 0.3) is 0 Å². The number of rotatable bonds is 6. The van der Waals surface area contributed by atoms with E-state index in [1.165, 1.54) is 27.0 Å². The summed E-state index contributed by atoms with van der Waals surface area (Å²) in [6.45, 7) is 0. The van der Waals surface area contributed by atoms with Crippen LogP contribution in [0.1, 0.15) is 11.1 Å². The molecule has 0 bridgehead atoms. The molecule has 4 rings (SSSR count). The van der Waals surface area contributed by atoms with Gasteiger partial charge in [-0.1, -0.05) is 97.1 Å². The summed E-state index contributed by atoms with van der Waals surface area (Å²) in [4.78, 5) is 0.873. The smallest absolute Gasteiger partial charge is 0.0498 e. The first kappa shape index (κ1) is 19.8. The highest BCUT2D eigenvalue weighted by molar-refractivity contribution is 7.84. The standard InChI is InChI=1S/C26H23OPS/c1-29(27)25-18-16-21(17-19-25)20-22-10-8-9-15-26(22)28(23-11-4-2-5-12-23)24-13-6-3-7-14-24/h2-19H,20H2,1H3. The van der Waals surface area contributed by atoms with Crippen LogP contribution >= 0.6 is 7.92 Å². The Labute approximate surface area is 176 Å². The van der Waals surface area contributed by atoms with Gasteiger partial charge in [0, 0.05) is 22.0 Å². The van der Waals surface area contributed by atoms with Gasteiger partial charge in [0.1, 0.15) is 0 Å². The van der Waals surface area contributed by atoms with Crippen LogP contribution in [0.5, 0.6) is 0 Å². The summed E-state index contributed by atoms with van der Waals surface area (Å²) >= 11 is 0. The van der Waals surface area contributed by atoms with Crippen molar-refractivity contribution in [3.05, 3.63) is 120 Å². The van der Waals surface area contributed by atoms with Gasteiger partial charge >= 0.3 is 0 Å². The van der Waals surface area contributed by atoms with Gasteiger partial charge in [-0.05, 0) is 53.5 Å². The molecule has 4 aromatic carbocycles. The van der Waals surface area contributed by atoms with Crippen molar-refractivity contribution in [1.29, 1.82) is 0 Å². The summed E-state index contributed by atoms with van der Waals surface area (Å²) in [5, 5.41) is 4.11. The van der Waals surface area contributed by atoms with E-state index in [0.29, 0.717) is 0 Å². The van der Waals surface area contributed by atoms with E-state index in [9.17, 15) is 4.21 Å². The Bertz CT molecular complexity index is 1050. The molecule has 4 aromatic rings. The molecule has 1 unspecified atom stereocenters. The molecule has 0 saturated heterocycles. The Morgan fingerprint density at radius 3 is 1.72 bits per heavy atom. The second-order valence-electron chi connectivity index (χ2n) is 6.91. The van der Waals surface area contributed by atoms with Gasteiger partial charge in [-0.25, -0.2) is 0 Å². The zero-order valence-corrected chi connectivity index (χ0v) is 18.1. The van der Waals surface area contributed by atoms with Crippen LogP contribution in [0.4, 0.5) is 0 Å². The van der Waals surface area contributed by atoms with Crippen molar-refractivity contribution in [3.63, 3.8) is 0 Å². The summed E-state index contributed by atoms with van der Waals surface area (Å²) < 4.78 is 11.7. The fraction of sp³-hybridized carbons (Fsp3) is 0.0769. The van der Waals surface area contributed by atoms with Crippen molar-refractivity contribution in [3.8, 4) is 0 Å². The maximum Gasteiger partial charge on any atom is 0.0498 e. The Morgan fingerprint density at radius 1 is 0.655 bits per heavy atom. The lowest BCUT2D eigenvalue weighted by molar-refractivity contribution is 0.687. The average molecular weight is 415 g/mol. The molecule has 3 heteroatoms. The lowest BCUT2D eigenvalue weighted by Crippen LogP contribution is -2.23. The van der Waals surface area contributed by atoms with Crippen LogP contribution in [0, 0.1) is 0 Å². The lowest BCUT2D eigenvalue weighted by Gasteiger charge is -2.22. The van der Waals surface area contributed by atoms with Gasteiger partial charge < -0.3 is 0 Å². The molecule has 0 heterocycles. The summed E-state index contributed by atoms with van der Waals surface area (Å²) in [5.41, 5.74) is 2.58. The van der Waals surface area contributed by atoms with Crippen LogP contribution < -0.4 is 15.9 Å². The van der Waals surface area contributed by atoms with Gasteiger partial charge in [0.25, 0.3) is 0 Å². The normalized spacial score (nSPS) is 12.1. The predicted molar refractivity (Wildman–Crippen MR) is 127 cm³/mol. The summed E-state index contributed by atoms with van der Waals surface area (Å²) in [5.74, 6) is 0. The third-order valence-corrected chi connectivity index (χ3v) is 8.39. The Hall–Kier alpha value is -2.54. The van der Waals surface area contributed by atoms with Gasteiger partial charge in [0.2, 0.25) is 0 Å². The fourth-order valence-electron chi connectivity index (χ4n) is 3.48. The average Bonchev–Trinajstić information content (AvgIpc) is 2.77. The van der Waals surface area contributed by atoms with Gasteiger partial charge in [-0.15, -0.1) is 0 Å². The fourth-order valence-corrected chi connectivity index (χ4v) is 6.47. The Kier molecular flexibility index (Phi) is 6.34. The molecule has 0 aliphatic heterocycles. The molecule has 1 atom stereocenters. The minimum absolute atomic E-state index is 0.628. The van der Waals surface area contributed by atoms with E-state index in [4.69, 9.17) is 0 Å². The van der Waals surface area contributed by atoms with E-state index < -0.39 is 18.7 Å². The first-order valence-electron chi connectivity index (χ1n) is 9.63. The SMILES string of the molecule is CS(=O)c1ccc(Cc2ccccc2P(c2ccccc2)c2ccccc2)cc1. The van der Waals surface area contributed by atoms with E-state index in [1.807, 2.05) is 12.1 Å². The predicted octanol–water partition coefficient (Wildman–Crippen LogP) is 4.77. The number of benzene rings is 4. The summed E-state index contributed by atoms with van der Waals surface area (Å²) in [6.07, 6.45) is 2.59. The maximum atomic E-state index is 11.7. The molecular formula is C26H23OPS. The van der Waals surface area contributed by atoms with E-state index in [2.05, 4.69) is 97.1 Å². The van der Waals surface area contributed by atoms with Crippen molar-refractivity contribution in [2.45, 2.75) is 11.3 Å².